The van der Waals surface area contributed by atoms with E-state index in [1.54, 1.807) is 0 Å². The van der Waals surface area contributed by atoms with Gasteiger partial charge >= 0.3 is 0 Å². The molecule has 3 N–H and O–H groups in total. The van der Waals surface area contributed by atoms with Crippen LogP contribution in [0.3, 0.4) is 0 Å². The fourth-order valence-corrected chi connectivity index (χ4v) is 3.42. The normalized spacial score (nSPS) is 17.4. The number of hydrogen-bond donors (Lipinski definition) is 2. The Hall–Kier alpha value is -1.51. The van der Waals surface area contributed by atoms with Crippen molar-refractivity contribution in [1.82, 2.24) is 5.32 Å². The summed E-state index contributed by atoms with van der Waals surface area (Å²) in [5.41, 5.74) is 7.53. The van der Waals surface area contributed by atoms with Crippen molar-refractivity contribution < 1.29 is 4.79 Å². The van der Waals surface area contributed by atoms with Crippen LogP contribution in [0.15, 0.2) is 24.3 Å². The van der Waals surface area contributed by atoms with E-state index in [1.165, 1.54) is 12.8 Å². The van der Waals surface area contributed by atoms with Gasteiger partial charge in [0.15, 0.2) is 0 Å². The first kappa shape index (κ1) is 14.9. The van der Waals surface area contributed by atoms with Crippen LogP contribution < -0.4 is 11.1 Å². The van der Waals surface area contributed by atoms with Crippen LogP contribution in [-0.4, -0.2) is 5.91 Å². The molecule has 20 heavy (non-hydrogen) atoms. The van der Waals surface area contributed by atoms with Crippen LogP contribution in [0, 0.1) is 11.3 Å². The molecular weight excluding hydrogens is 248 g/mol. The Labute approximate surface area is 121 Å². The van der Waals surface area contributed by atoms with Crippen molar-refractivity contribution in [3.05, 3.63) is 29.8 Å². The van der Waals surface area contributed by atoms with Crippen molar-refractivity contribution in [2.24, 2.45) is 11.3 Å². The van der Waals surface area contributed by atoms with E-state index in [1.807, 2.05) is 24.3 Å². The Kier molecular flexibility index (Phi) is 4.69. The molecule has 1 fully saturated rings. The van der Waals surface area contributed by atoms with Crippen LogP contribution in [0.5, 0.6) is 0 Å². The standard InChI is InChI=1S/C17H26N2O/c1-13(2)11-17(9-5-6-10-17)16(20)19-12-14-7-3-4-8-15(14)18/h3-4,7-8,13H,5-6,9-12,18H2,1-2H3,(H,19,20). The summed E-state index contributed by atoms with van der Waals surface area (Å²) in [5.74, 6) is 0.771. The summed E-state index contributed by atoms with van der Waals surface area (Å²) >= 11 is 0. The molecule has 1 aliphatic carbocycles. The fourth-order valence-electron chi connectivity index (χ4n) is 3.42. The highest BCUT2D eigenvalue weighted by Crippen LogP contribution is 2.43. The maximum absolute atomic E-state index is 12.6. The van der Waals surface area contributed by atoms with Gasteiger partial charge in [-0.3, -0.25) is 4.79 Å². The maximum Gasteiger partial charge on any atom is 0.226 e. The van der Waals surface area contributed by atoms with Gasteiger partial charge in [0, 0.05) is 17.6 Å². The number of nitrogen functional groups attached to an aromatic ring is 1. The summed E-state index contributed by atoms with van der Waals surface area (Å²) in [7, 11) is 0. The van der Waals surface area contributed by atoms with Gasteiger partial charge in [-0.25, -0.2) is 0 Å². The van der Waals surface area contributed by atoms with Crippen molar-refractivity contribution in [3.8, 4) is 0 Å². The third-order valence-electron chi connectivity index (χ3n) is 4.34. The summed E-state index contributed by atoms with van der Waals surface area (Å²) in [4.78, 5) is 12.6. The van der Waals surface area contributed by atoms with E-state index >= 15 is 0 Å². The zero-order valence-corrected chi connectivity index (χ0v) is 12.6. The minimum atomic E-state index is -0.141. The van der Waals surface area contributed by atoms with Crippen LogP contribution in [0.2, 0.25) is 0 Å². The first-order valence-corrected chi connectivity index (χ1v) is 7.65. The highest BCUT2D eigenvalue weighted by atomic mass is 16.2. The van der Waals surface area contributed by atoms with Gasteiger partial charge < -0.3 is 11.1 Å². The number of nitrogens with one attached hydrogen (secondary N) is 1. The topological polar surface area (TPSA) is 55.1 Å². The number of nitrogens with two attached hydrogens (primary N) is 1. The molecule has 0 heterocycles. The third-order valence-corrected chi connectivity index (χ3v) is 4.34. The van der Waals surface area contributed by atoms with Gasteiger partial charge in [0.05, 0.1) is 0 Å². The summed E-state index contributed by atoms with van der Waals surface area (Å²) in [6.07, 6.45) is 5.40. The lowest BCUT2D eigenvalue weighted by Crippen LogP contribution is -2.39. The Bertz CT molecular complexity index is 462. The minimum absolute atomic E-state index is 0.141. The predicted octanol–water partition coefficient (Wildman–Crippen LogP) is 3.49. The molecule has 0 unspecified atom stereocenters. The van der Waals surface area contributed by atoms with E-state index in [-0.39, 0.29) is 11.3 Å². The number of carbonyl (C=O) groups excluding carboxylic acids is 1. The quantitative estimate of drug-likeness (QED) is 0.807. The van der Waals surface area contributed by atoms with Crippen LogP contribution in [-0.2, 0) is 11.3 Å². The molecule has 0 aromatic heterocycles. The Balaban J connectivity index is 2.01. The average molecular weight is 274 g/mol. The molecule has 110 valence electrons. The van der Waals surface area contributed by atoms with E-state index in [4.69, 9.17) is 5.73 Å². The monoisotopic (exact) mass is 274 g/mol. The van der Waals surface area contributed by atoms with Gasteiger partial charge in [-0.15, -0.1) is 0 Å². The van der Waals surface area contributed by atoms with E-state index < -0.39 is 0 Å². The zero-order valence-electron chi connectivity index (χ0n) is 12.6. The number of carbonyl (C=O) groups is 1. The van der Waals surface area contributed by atoms with E-state index in [0.717, 1.165) is 30.5 Å². The number of anilines is 1. The number of amides is 1. The molecule has 0 aliphatic heterocycles. The molecule has 1 aliphatic rings. The molecular formula is C17H26N2O. The van der Waals surface area contributed by atoms with Crippen molar-refractivity contribution in [1.29, 1.82) is 0 Å². The van der Waals surface area contributed by atoms with Gasteiger partial charge in [0.2, 0.25) is 5.91 Å². The molecule has 3 nitrogen and oxygen atoms in total. The predicted molar refractivity (Wildman–Crippen MR) is 83.1 cm³/mol. The van der Waals surface area contributed by atoms with E-state index in [9.17, 15) is 4.79 Å². The van der Waals surface area contributed by atoms with E-state index in [0.29, 0.717) is 12.5 Å². The molecule has 2 rings (SSSR count). The number of para-hydroxylation sites is 1. The summed E-state index contributed by atoms with van der Waals surface area (Å²) in [5, 5.41) is 3.11. The van der Waals surface area contributed by atoms with Gasteiger partial charge in [-0.2, -0.15) is 0 Å². The molecule has 1 aromatic carbocycles. The van der Waals surface area contributed by atoms with Crippen LogP contribution >= 0.6 is 0 Å². The smallest absolute Gasteiger partial charge is 0.226 e. The third kappa shape index (κ3) is 3.33. The first-order valence-electron chi connectivity index (χ1n) is 7.65. The number of hydrogen-bond acceptors (Lipinski definition) is 2. The average Bonchev–Trinajstić information content (AvgIpc) is 2.86. The Morgan fingerprint density at radius 1 is 1.30 bits per heavy atom. The van der Waals surface area contributed by atoms with E-state index in [2.05, 4.69) is 19.2 Å². The van der Waals surface area contributed by atoms with Crippen molar-refractivity contribution in [2.75, 3.05) is 5.73 Å². The van der Waals surface area contributed by atoms with Gasteiger partial charge in [-0.1, -0.05) is 44.9 Å². The van der Waals surface area contributed by atoms with Crippen LogP contribution in [0.4, 0.5) is 5.69 Å². The summed E-state index contributed by atoms with van der Waals surface area (Å²) in [6.45, 7) is 4.93. The SMILES string of the molecule is CC(C)CC1(C(=O)NCc2ccccc2N)CCCC1. The lowest BCUT2D eigenvalue weighted by molar-refractivity contribution is -0.132. The highest BCUT2D eigenvalue weighted by Gasteiger charge is 2.41. The second-order valence-corrected chi connectivity index (χ2v) is 6.47. The highest BCUT2D eigenvalue weighted by molar-refractivity contribution is 5.83. The molecule has 0 bridgehead atoms. The molecule has 3 heteroatoms. The molecule has 0 radical (unpaired) electrons. The molecule has 1 aromatic rings. The molecule has 0 atom stereocenters. The van der Waals surface area contributed by atoms with Crippen molar-refractivity contribution in [3.63, 3.8) is 0 Å². The number of rotatable bonds is 5. The molecule has 1 amide bonds. The largest absolute Gasteiger partial charge is 0.398 e. The maximum atomic E-state index is 12.6. The second-order valence-electron chi connectivity index (χ2n) is 6.47. The van der Waals surface area contributed by atoms with Gasteiger partial charge in [-0.05, 0) is 36.8 Å². The second kappa shape index (κ2) is 6.29. The number of benzene rings is 1. The van der Waals surface area contributed by atoms with Crippen molar-refractivity contribution in [2.45, 2.75) is 52.5 Å². The van der Waals surface area contributed by atoms with Gasteiger partial charge in [0.25, 0.3) is 0 Å². The Morgan fingerprint density at radius 2 is 1.95 bits per heavy atom. The van der Waals surface area contributed by atoms with Crippen LogP contribution in [0.1, 0.15) is 51.5 Å². The zero-order chi connectivity index (χ0) is 14.6. The fraction of sp³-hybridized carbons (Fsp3) is 0.588. The van der Waals surface area contributed by atoms with Crippen molar-refractivity contribution >= 4 is 11.6 Å². The molecule has 0 spiro atoms. The Morgan fingerprint density at radius 3 is 2.55 bits per heavy atom. The summed E-state index contributed by atoms with van der Waals surface area (Å²) in [6, 6.07) is 7.72. The molecule has 0 saturated heterocycles. The molecule has 1 saturated carbocycles. The lowest BCUT2D eigenvalue weighted by atomic mass is 9.77. The first-order chi connectivity index (χ1) is 9.53. The van der Waals surface area contributed by atoms with Gasteiger partial charge in [0.1, 0.15) is 0 Å². The minimum Gasteiger partial charge on any atom is -0.398 e. The lowest BCUT2D eigenvalue weighted by Gasteiger charge is -2.29. The van der Waals surface area contributed by atoms with Crippen LogP contribution in [0.25, 0.3) is 0 Å². The summed E-state index contributed by atoms with van der Waals surface area (Å²) < 4.78 is 0.